The first-order chi connectivity index (χ1) is 33.2. The second-order valence-corrected chi connectivity index (χ2v) is 22.1. The molecule has 13 heteroatoms. The van der Waals surface area contributed by atoms with Crippen LogP contribution in [0.3, 0.4) is 0 Å². The molecule has 0 heterocycles. The van der Waals surface area contributed by atoms with Crippen molar-refractivity contribution in [3.8, 4) is 46.0 Å². The Bertz CT molecular complexity index is 2270. The van der Waals surface area contributed by atoms with Gasteiger partial charge in [0.25, 0.3) is 0 Å². The van der Waals surface area contributed by atoms with Crippen LogP contribution in [0.1, 0.15) is 63.8 Å². The standard InChI is InChI=1S/C56H68O11P2/c1-55(2,3)39-21-15-31-49(68(51-41(57-7)23-17-24-42(51)58-8)52-43(59-9)25-18-26-44(52)60-10)37(39)33-65-35-67-36-66-34-38-40(56(4,5)6)22-16-32-50(38)69(53-45(61-11)27-19-28-46(53)62-12)54-47(63-13)29-20-30-48(54)64-14/h15-32H,33-36H2,1-14H3. The van der Waals surface area contributed by atoms with Gasteiger partial charge in [0.1, 0.15) is 59.6 Å². The molecule has 0 saturated heterocycles. The van der Waals surface area contributed by atoms with E-state index in [1.807, 2.05) is 72.8 Å². The highest BCUT2D eigenvalue weighted by Crippen LogP contribution is 2.49. The van der Waals surface area contributed by atoms with E-state index in [0.29, 0.717) is 46.0 Å². The van der Waals surface area contributed by atoms with Gasteiger partial charge in [0.05, 0.1) is 91.3 Å². The monoisotopic (exact) mass is 978 g/mol. The van der Waals surface area contributed by atoms with Gasteiger partial charge in [-0.25, -0.2) is 0 Å². The lowest BCUT2D eigenvalue weighted by Crippen LogP contribution is -2.30. The molecule has 368 valence electrons. The minimum Gasteiger partial charge on any atom is -0.496 e. The molecule has 0 fully saturated rings. The van der Waals surface area contributed by atoms with Crippen LogP contribution in [0.4, 0.5) is 0 Å². The van der Waals surface area contributed by atoms with E-state index in [0.717, 1.165) is 54.1 Å². The van der Waals surface area contributed by atoms with Crippen LogP contribution in [0.2, 0.25) is 0 Å². The van der Waals surface area contributed by atoms with E-state index < -0.39 is 15.8 Å². The molecule has 0 aliphatic heterocycles. The van der Waals surface area contributed by atoms with Crippen molar-refractivity contribution < 1.29 is 52.1 Å². The van der Waals surface area contributed by atoms with E-state index in [2.05, 4.69) is 77.9 Å². The van der Waals surface area contributed by atoms with E-state index in [1.54, 1.807) is 56.9 Å². The minimum absolute atomic E-state index is 0.0247. The highest BCUT2D eigenvalue weighted by Gasteiger charge is 2.35. The summed E-state index contributed by atoms with van der Waals surface area (Å²) in [4.78, 5) is 0. The van der Waals surface area contributed by atoms with Crippen LogP contribution < -0.4 is 69.7 Å². The van der Waals surface area contributed by atoms with Crippen molar-refractivity contribution in [2.45, 2.75) is 65.6 Å². The Morgan fingerprint density at radius 1 is 0.319 bits per heavy atom. The van der Waals surface area contributed by atoms with Gasteiger partial charge < -0.3 is 52.1 Å². The summed E-state index contributed by atoms with van der Waals surface area (Å²) < 4.78 is 67.7. The average Bonchev–Trinajstić information content (AvgIpc) is 3.35. The summed E-state index contributed by atoms with van der Waals surface area (Å²) in [5.41, 5.74) is 3.83. The topological polar surface area (TPSA) is 102 Å². The Balaban J connectivity index is 1.35. The van der Waals surface area contributed by atoms with E-state index in [9.17, 15) is 0 Å². The summed E-state index contributed by atoms with van der Waals surface area (Å²) in [6, 6.07) is 36.2. The van der Waals surface area contributed by atoms with Crippen molar-refractivity contribution in [3.05, 3.63) is 131 Å². The molecule has 11 nitrogen and oxygen atoms in total. The molecule has 6 aromatic carbocycles. The maximum atomic E-state index is 6.49. The zero-order chi connectivity index (χ0) is 49.9. The normalized spacial score (nSPS) is 11.7. The van der Waals surface area contributed by atoms with E-state index >= 15 is 0 Å². The van der Waals surface area contributed by atoms with Gasteiger partial charge in [-0.15, -0.1) is 0 Å². The lowest BCUT2D eigenvalue weighted by atomic mass is 9.84. The number of ether oxygens (including phenoxy) is 11. The maximum Gasteiger partial charge on any atom is 0.150 e. The first-order valence-corrected chi connectivity index (χ1v) is 25.3. The predicted molar refractivity (Wildman–Crippen MR) is 281 cm³/mol. The molecule has 0 aromatic heterocycles. The van der Waals surface area contributed by atoms with Gasteiger partial charge in [0.15, 0.2) is 0 Å². The van der Waals surface area contributed by atoms with Gasteiger partial charge in [-0.1, -0.05) is 102 Å². The summed E-state index contributed by atoms with van der Waals surface area (Å²) >= 11 is 0. The van der Waals surface area contributed by atoms with Crippen LogP contribution in [0.5, 0.6) is 46.0 Å². The second kappa shape index (κ2) is 23.9. The summed E-state index contributed by atoms with van der Waals surface area (Å²) in [7, 11) is 10.5. The Kier molecular flexibility index (Phi) is 18.3. The van der Waals surface area contributed by atoms with Gasteiger partial charge in [-0.3, -0.25) is 0 Å². The Labute approximate surface area is 411 Å². The second-order valence-electron chi connectivity index (χ2n) is 18.0. The Morgan fingerprint density at radius 2 is 0.551 bits per heavy atom. The molecule has 6 rings (SSSR count). The van der Waals surface area contributed by atoms with Crippen molar-refractivity contribution >= 4 is 47.7 Å². The lowest BCUT2D eigenvalue weighted by molar-refractivity contribution is -0.139. The molecule has 0 saturated carbocycles. The fourth-order valence-corrected chi connectivity index (χ4v) is 14.5. The number of hydrogen-bond donors (Lipinski definition) is 0. The highest BCUT2D eigenvalue weighted by atomic mass is 31.1. The fourth-order valence-electron chi connectivity index (χ4n) is 8.63. The third-order valence-corrected chi connectivity index (χ3v) is 17.1. The molecular weight excluding hydrogens is 911 g/mol. The SMILES string of the molecule is COc1cccc(OC)c1P(c1cccc(C(C)(C)C)c1COCOCOCc1c(P(c2c(OC)cccc2OC)c2c(OC)cccc2OC)cccc1C(C)(C)C)c1c(OC)cccc1OC. The highest BCUT2D eigenvalue weighted by molar-refractivity contribution is 7.81. The van der Waals surface area contributed by atoms with Gasteiger partial charge in [0.2, 0.25) is 0 Å². The third kappa shape index (κ3) is 11.6. The molecule has 0 N–H and O–H groups in total. The quantitative estimate of drug-likeness (QED) is 0.0370. The number of benzene rings is 6. The fraction of sp³-hybridized carbons (Fsp3) is 0.357. The molecule has 0 atom stereocenters. The molecule has 6 aromatic rings. The first-order valence-electron chi connectivity index (χ1n) is 22.6. The van der Waals surface area contributed by atoms with E-state index in [-0.39, 0.29) is 37.6 Å². The summed E-state index contributed by atoms with van der Waals surface area (Å²) in [6.07, 6.45) is 0. The first kappa shape index (κ1) is 52.8. The van der Waals surface area contributed by atoms with Crippen molar-refractivity contribution in [2.75, 3.05) is 70.5 Å². The molecule has 0 amide bonds. The largest absolute Gasteiger partial charge is 0.496 e. The lowest BCUT2D eigenvalue weighted by Gasteiger charge is -2.31. The van der Waals surface area contributed by atoms with Crippen LogP contribution in [-0.2, 0) is 38.3 Å². The Hall–Kier alpha value is -5.54. The van der Waals surface area contributed by atoms with Crippen LogP contribution in [0.15, 0.2) is 109 Å². The molecule has 0 aliphatic carbocycles. The van der Waals surface area contributed by atoms with Crippen LogP contribution in [-0.4, -0.2) is 70.5 Å². The molecule has 69 heavy (non-hydrogen) atoms. The van der Waals surface area contributed by atoms with Gasteiger partial charge in [0, 0.05) is 15.8 Å². The van der Waals surface area contributed by atoms with E-state index in [4.69, 9.17) is 52.1 Å². The van der Waals surface area contributed by atoms with E-state index in [1.165, 1.54) is 0 Å². The summed E-state index contributed by atoms with van der Waals surface area (Å²) in [6.45, 7) is 13.7. The van der Waals surface area contributed by atoms with Crippen molar-refractivity contribution in [3.63, 3.8) is 0 Å². The zero-order valence-electron chi connectivity index (χ0n) is 42.6. The molecule has 0 unspecified atom stereocenters. The van der Waals surface area contributed by atoms with Crippen molar-refractivity contribution in [2.24, 2.45) is 0 Å². The van der Waals surface area contributed by atoms with Crippen LogP contribution in [0.25, 0.3) is 0 Å². The molecular formula is C56H68O11P2. The Morgan fingerprint density at radius 3 is 0.768 bits per heavy atom. The summed E-state index contributed by atoms with van der Waals surface area (Å²) in [5.74, 6) is 5.52. The molecule has 0 spiro atoms. The number of methoxy groups -OCH3 is 8. The van der Waals surface area contributed by atoms with Gasteiger partial charge >= 0.3 is 0 Å². The predicted octanol–water partition coefficient (Wildman–Crippen LogP) is 9.53. The van der Waals surface area contributed by atoms with Crippen LogP contribution >= 0.6 is 15.8 Å². The minimum atomic E-state index is -1.44. The average molecular weight is 979 g/mol. The molecule has 0 bridgehead atoms. The van der Waals surface area contributed by atoms with Crippen LogP contribution in [0, 0.1) is 0 Å². The van der Waals surface area contributed by atoms with Gasteiger partial charge in [-0.05, 0) is 92.2 Å². The van der Waals surface area contributed by atoms with Crippen molar-refractivity contribution in [1.29, 1.82) is 0 Å². The molecule has 0 aliphatic rings. The smallest absolute Gasteiger partial charge is 0.150 e. The molecule has 0 radical (unpaired) electrons. The summed E-state index contributed by atoms with van der Waals surface area (Å²) in [5, 5.41) is 5.66. The van der Waals surface area contributed by atoms with Crippen molar-refractivity contribution in [1.82, 2.24) is 0 Å². The maximum absolute atomic E-state index is 6.49. The number of rotatable bonds is 22. The number of hydrogen-bond acceptors (Lipinski definition) is 11. The third-order valence-electron chi connectivity index (χ3n) is 11.7. The van der Waals surface area contributed by atoms with Gasteiger partial charge in [-0.2, -0.15) is 0 Å². The zero-order valence-corrected chi connectivity index (χ0v) is 44.4.